The summed E-state index contributed by atoms with van der Waals surface area (Å²) in [5.74, 6) is -0.275. The van der Waals surface area contributed by atoms with Gasteiger partial charge in [-0.15, -0.1) is 0 Å². The minimum Gasteiger partial charge on any atom is -0.466 e. The van der Waals surface area contributed by atoms with E-state index in [1.165, 1.54) is 0 Å². The van der Waals surface area contributed by atoms with Gasteiger partial charge in [-0.1, -0.05) is 24.2 Å². The number of halogens is 3. The maximum absolute atomic E-state index is 12.5. The molecule has 8 heteroatoms. The lowest BCUT2D eigenvalue weighted by molar-refractivity contribution is -0.154. The predicted octanol–water partition coefficient (Wildman–Crippen LogP) is 3.70. The fraction of sp³-hybridized carbons (Fsp3) is 0.692. The molecule has 1 N–H and O–H groups in total. The number of rotatable bonds is 5. The lowest BCUT2D eigenvalue weighted by Gasteiger charge is -2.26. The Kier molecular flexibility index (Phi) is 4.75. The topological polar surface area (TPSA) is 51.2 Å². The molecule has 1 aromatic rings. The van der Waals surface area contributed by atoms with Crippen LogP contribution in [0.1, 0.15) is 37.5 Å². The first kappa shape index (κ1) is 16.1. The molecule has 4 nitrogen and oxygen atoms in total. The standard InChI is InChI=1S/C13H17F3N2O2S/c1-2-20-10(19)12(5-3-4-6-12)8-18-11-17-7-9(21-11)13(14,15)16/h7H,2-6,8H2,1H3,(H,17,18). The highest BCUT2D eigenvalue weighted by molar-refractivity contribution is 7.15. The van der Waals surface area contributed by atoms with E-state index in [2.05, 4.69) is 10.3 Å². The third-order valence-electron chi connectivity index (χ3n) is 3.63. The summed E-state index contributed by atoms with van der Waals surface area (Å²) in [4.78, 5) is 15.1. The molecule has 0 amide bonds. The molecule has 1 aromatic heterocycles. The second-order valence-electron chi connectivity index (χ2n) is 5.09. The number of alkyl halides is 3. The monoisotopic (exact) mass is 322 g/mol. The molecule has 0 atom stereocenters. The van der Waals surface area contributed by atoms with Gasteiger partial charge in [0.05, 0.1) is 18.2 Å². The molecule has 0 spiro atoms. The van der Waals surface area contributed by atoms with Crippen molar-refractivity contribution in [2.24, 2.45) is 5.41 Å². The van der Waals surface area contributed by atoms with Crippen molar-refractivity contribution >= 4 is 22.4 Å². The average Bonchev–Trinajstić information content (AvgIpc) is 3.06. The van der Waals surface area contributed by atoms with Crippen molar-refractivity contribution in [3.8, 4) is 0 Å². The van der Waals surface area contributed by atoms with Gasteiger partial charge in [-0.25, -0.2) is 4.98 Å². The molecule has 0 radical (unpaired) electrons. The van der Waals surface area contributed by atoms with Crippen LogP contribution in [0.2, 0.25) is 0 Å². The lowest BCUT2D eigenvalue weighted by atomic mass is 9.86. The molecule has 1 saturated carbocycles. The van der Waals surface area contributed by atoms with Crippen molar-refractivity contribution in [2.45, 2.75) is 38.8 Å². The molecule has 0 aliphatic heterocycles. The fourth-order valence-corrected chi connectivity index (χ4v) is 3.20. The van der Waals surface area contributed by atoms with Crippen LogP contribution in [0, 0.1) is 5.41 Å². The molecule has 1 aliphatic carbocycles. The largest absolute Gasteiger partial charge is 0.466 e. The van der Waals surface area contributed by atoms with Crippen molar-refractivity contribution in [3.63, 3.8) is 0 Å². The van der Waals surface area contributed by atoms with E-state index in [1.54, 1.807) is 6.92 Å². The molecule has 0 bridgehead atoms. The number of carbonyl (C=O) groups excluding carboxylic acids is 1. The number of hydrogen-bond acceptors (Lipinski definition) is 5. The van der Waals surface area contributed by atoms with E-state index < -0.39 is 16.5 Å². The Bertz CT molecular complexity index is 496. The van der Waals surface area contributed by atoms with E-state index in [0.29, 0.717) is 30.8 Å². The summed E-state index contributed by atoms with van der Waals surface area (Å²) in [7, 11) is 0. The van der Waals surface area contributed by atoms with Crippen LogP contribution >= 0.6 is 11.3 Å². The fourth-order valence-electron chi connectivity index (χ4n) is 2.52. The first-order valence-corrected chi connectivity index (χ1v) is 7.63. The summed E-state index contributed by atoms with van der Waals surface area (Å²) in [6.07, 6.45) is -0.354. The molecular formula is C13H17F3N2O2S. The van der Waals surface area contributed by atoms with Gasteiger partial charge < -0.3 is 10.1 Å². The molecule has 21 heavy (non-hydrogen) atoms. The number of nitrogens with one attached hydrogen (secondary N) is 1. The Balaban J connectivity index is 2.02. The van der Waals surface area contributed by atoms with Gasteiger partial charge in [0, 0.05) is 6.54 Å². The second kappa shape index (κ2) is 6.21. The Morgan fingerprint density at radius 1 is 1.48 bits per heavy atom. The third-order valence-corrected chi connectivity index (χ3v) is 4.63. The highest BCUT2D eigenvalue weighted by atomic mass is 32.1. The zero-order valence-corrected chi connectivity index (χ0v) is 12.4. The minimum atomic E-state index is -4.39. The number of carbonyl (C=O) groups is 1. The predicted molar refractivity (Wildman–Crippen MR) is 73.1 cm³/mol. The maximum atomic E-state index is 12.5. The Labute approximate surface area is 124 Å². The van der Waals surface area contributed by atoms with Gasteiger partial charge in [-0.2, -0.15) is 13.2 Å². The number of hydrogen-bond donors (Lipinski definition) is 1. The average molecular weight is 322 g/mol. The lowest BCUT2D eigenvalue weighted by Crippen LogP contribution is -2.37. The van der Waals surface area contributed by atoms with Crippen LogP contribution in [0.15, 0.2) is 6.20 Å². The van der Waals surface area contributed by atoms with Crippen molar-refractivity contribution in [1.29, 1.82) is 0 Å². The maximum Gasteiger partial charge on any atom is 0.427 e. The first-order chi connectivity index (χ1) is 9.87. The smallest absolute Gasteiger partial charge is 0.427 e. The van der Waals surface area contributed by atoms with Crippen LogP contribution < -0.4 is 5.32 Å². The van der Waals surface area contributed by atoms with E-state index in [0.717, 1.165) is 19.0 Å². The SMILES string of the molecule is CCOC(=O)C1(CNc2ncc(C(F)(F)F)s2)CCCC1. The Morgan fingerprint density at radius 2 is 2.14 bits per heavy atom. The number of esters is 1. The number of nitrogens with zero attached hydrogens (tertiary/aromatic N) is 1. The molecule has 0 aromatic carbocycles. The van der Waals surface area contributed by atoms with Gasteiger partial charge in [0.25, 0.3) is 0 Å². The number of ether oxygens (including phenoxy) is 1. The third kappa shape index (κ3) is 3.66. The van der Waals surface area contributed by atoms with Gasteiger partial charge in [0.1, 0.15) is 4.88 Å². The van der Waals surface area contributed by atoms with Crippen LogP contribution in [-0.2, 0) is 15.7 Å². The Morgan fingerprint density at radius 3 is 2.67 bits per heavy atom. The van der Waals surface area contributed by atoms with Crippen molar-refractivity contribution in [1.82, 2.24) is 4.98 Å². The summed E-state index contributed by atoms with van der Waals surface area (Å²) in [5.41, 5.74) is -0.639. The van der Waals surface area contributed by atoms with Crippen molar-refractivity contribution < 1.29 is 22.7 Å². The van der Waals surface area contributed by atoms with E-state index in [-0.39, 0.29) is 17.6 Å². The summed E-state index contributed by atoms with van der Waals surface area (Å²) < 4.78 is 42.6. The second-order valence-corrected chi connectivity index (χ2v) is 6.12. The minimum absolute atomic E-state index is 0.179. The molecule has 118 valence electrons. The zero-order valence-electron chi connectivity index (χ0n) is 11.6. The molecular weight excluding hydrogens is 305 g/mol. The van der Waals surface area contributed by atoms with Crippen LogP contribution in [0.3, 0.4) is 0 Å². The zero-order chi connectivity index (χ0) is 15.5. The normalized spacial score (nSPS) is 17.7. The van der Waals surface area contributed by atoms with E-state index in [9.17, 15) is 18.0 Å². The molecule has 0 saturated heterocycles. The van der Waals surface area contributed by atoms with Gasteiger partial charge in [0.2, 0.25) is 0 Å². The van der Waals surface area contributed by atoms with Gasteiger partial charge >= 0.3 is 12.1 Å². The first-order valence-electron chi connectivity index (χ1n) is 6.81. The van der Waals surface area contributed by atoms with Crippen LogP contribution in [0.4, 0.5) is 18.3 Å². The van der Waals surface area contributed by atoms with E-state index in [4.69, 9.17) is 4.74 Å². The van der Waals surface area contributed by atoms with Crippen LogP contribution in [0.5, 0.6) is 0 Å². The number of anilines is 1. The molecule has 1 aliphatic rings. The molecule has 0 unspecified atom stereocenters. The van der Waals surface area contributed by atoms with Crippen molar-refractivity contribution in [3.05, 3.63) is 11.1 Å². The van der Waals surface area contributed by atoms with Gasteiger partial charge in [-0.3, -0.25) is 4.79 Å². The van der Waals surface area contributed by atoms with Crippen LogP contribution in [-0.4, -0.2) is 24.1 Å². The van der Waals surface area contributed by atoms with Gasteiger partial charge in [0.15, 0.2) is 5.13 Å². The van der Waals surface area contributed by atoms with Crippen molar-refractivity contribution in [2.75, 3.05) is 18.5 Å². The highest BCUT2D eigenvalue weighted by Crippen LogP contribution is 2.40. The number of aromatic nitrogens is 1. The summed E-state index contributed by atoms with van der Waals surface area (Å²) in [5, 5.41) is 3.04. The van der Waals surface area contributed by atoms with E-state index in [1.807, 2.05) is 0 Å². The van der Waals surface area contributed by atoms with Crippen LogP contribution in [0.25, 0.3) is 0 Å². The summed E-state index contributed by atoms with van der Waals surface area (Å²) in [6.45, 7) is 2.30. The number of thiazole rings is 1. The molecule has 1 heterocycles. The quantitative estimate of drug-likeness (QED) is 0.840. The Hall–Kier alpha value is -1.31. The highest BCUT2D eigenvalue weighted by Gasteiger charge is 2.42. The van der Waals surface area contributed by atoms with E-state index >= 15 is 0 Å². The molecule has 2 rings (SSSR count). The van der Waals surface area contributed by atoms with Gasteiger partial charge in [-0.05, 0) is 19.8 Å². The molecule has 1 fully saturated rings. The summed E-state index contributed by atoms with van der Waals surface area (Å²) in [6, 6.07) is 0. The summed E-state index contributed by atoms with van der Waals surface area (Å²) >= 11 is 0.548.